The standard InChI is InChI=1S/C12H12N2O2/c15-12-14-10(8-16-12)6-7-11(13-14)9-4-2-1-3-5-9/h1-5,10H,6-8H2. The molecule has 1 amide bonds. The lowest BCUT2D eigenvalue weighted by molar-refractivity contribution is 0.158. The summed E-state index contributed by atoms with van der Waals surface area (Å²) < 4.78 is 4.96. The lowest BCUT2D eigenvalue weighted by Crippen LogP contribution is -2.34. The van der Waals surface area contributed by atoms with Crippen molar-refractivity contribution in [2.45, 2.75) is 18.9 Å². The molecular formula is C12H12N2O2. The van der Waals surface area contributed by atoms with Crippen LogP contribution in [0.15, 0.2) is 35.4 Å². The van der Waals surface area contributed by atoms with Gasteiger partial charge in [0.15, 0.2) is 0 Å². The first kappa shape index (κ1) is 9.39. The largest absolute Gasteiger partial charge is 0.446 e. The second-order valence-electron chi connectivity index (χ2n) is 4.03. The third kappa shape index (κ3) is 1.46. The van der Waals surface area contributed by atoms with Gasteiger partial charge in [-0.2, -0.15) is 10.1 Å². The Bertz CT molecular complexity index is 442. The number of nitrogens with zero attached hydrogens (tertiary/aromatic N) is 2. The van der Waals surface area contributed by atoms with Crippen molar-refractivity contribution in [1.29, 1.82) is 0 Å². The number of cyclic esters (lactones) is 1. The summed E-state index contributed by atoms with van der Waals surface area (Å²) in [7, 11) is 0. The second kappa shape index (κ2) is 3.63. The highest BCUT2D eigenvalue weighted by Crippen LogP contribution is 2.24. The molecule has 0 spiro atoms. The van der Waals surface area contributed by atoms with E-state index < -0.39 is 0 Å². The molecule has 4 nitrogen and oxygen atoms in total. The van der Waals surface area contributed by atoms with E-state index in [2.05, 4.69) is 5.10 Å². The summed E-state index contributed by atoms with van der Waals surface area (Å²) in [5.41, 5.74) is 2.05. The maximum Gasteiger partial charge on any atom is 0.430 e. The summed E-state index contributed by atoms with van der Waals surface area (Å²) in [4.78, 5) is 11.4. The van der Waals surface area contributed by atoms with Crippen molar-refractivity contribution in [2.24, 2.45) is 5.10 Å². The van der Waals surface area contributed by atoms with Crippen LogP contribution in [0.1, 0.15) is 18.4 Å². The van der Waals surface area contributed by atoms with E-state index in [1.807, 2.05) is 30.3 Å². The summed E-state index contributed by atoms with van der Waals surface area (Å²) >= 11 is 0. The fraction of sp³-hybridized carbons (Fsp3) is 0.333. The zero-order chi connectivity index (χ0) is 11.0. The van der Waals surface area contributed by atoms with Crippen molar-refractivity contribution in [3.05, 3.63) is 35.9 Å². The highest BCUT2D eigenvalue weighted by atomic mass is 16.6. The number of carbonyl (C=O) groups excluding carboxylic acids is 1. The molecule has 1 fully saturated rings. The summed E-state index contributed by atoms with van der Waals surface area (Å²) in [6.45, 7) is 0.477. The summed E-state index contributed by atoms with van der Waals surface area (Å²) in [6, 6.07) is 10.1. The molecule has 0 bridgehead atoms. The quantitative estimate of drug-likeness (QED) is 0.720. The van der Waals surface area contributed by atoms with Gasteiger partial charge in [-0.25, -0.2) is 4.79 Å². The molecule has 0 aromatic heterocycles. The van der Waals surface area contributed by atoms with E-state index in [-0.39, 0.29) is 12.1 Å². The van der Waals surface area contributed by atoms with Gasteiger partial charge in [0.1, 0.15) is 6.61 Å². The zero-order valence-electron chi connectivity index (χ0n) is 8.80. The van der Waals surface area contributed by atoms with Gasteiger partial charge >= 0.3 is 6.09 Å². The van der Waals surface area contributed by atoms with Crippen molar-refractivity contribution in [2.75, 3.05) is 6.61 Å². The number of hydrogen-bond acceptors (Lipinski definition) is 3. The molecule has 2 aliphatic rings. The molecule has 0 saturated carbocycles. The Morgan fingerprint density at radius 2 is 2.12 bits per heavy atom. The molecule has 1 atom stereocenters. The Morgan fingerprint density at radius 1 is 1.31 bits per heavy atom. The first-order valence-corrected chi connectivity index (χ1v) is 5.43. The molecule has 4 heteroatoms. The van der Waals surface area contributed by atoms with E-state index in [0.29, 0.717) is 6.61 Å². The van der Waals surface area contributed by atoms with Crippen molar-refractivity contribution in [1.82, 2.24) is 5.01 Å². The van der Waals surface area contributed by atoms with Gasteiger partial charge in [0.2, 0.25) is 0 Å². The predicted molar refractivity (Wildman–Crippen MR) is 59.2 cm³/mol. The van der Waals surface area contributed by atoms with E-state index >= 15 is 0 Å². The van der Waals surface area contributed by atoms with E-state index in [1.165, 1.54) is 5.01 Å². The third-order valence-electron chi connectivity index (χ3n) is 2.98. The van der Waals surface area contributed by atoms with Crippen LogP contribution in [-0.2, 0) is 4.74 Å². The summed E-state index contributed by atoms with van der Waals surface area (Å²) in [5.74, 6) is 0. The van der Waals surface area contributed by atoms with E-state index in [0.717, 1.165) is 24.1 Å². The van der Waals surface area contributed by atoms with Crippen molar-refractivity contribution in [3.63, 3.8) is 0 Å². The monoisotopic (exact) mass is 216 g/mol. The summed E-state index contributed by atoms with van der Waals surface area (Å²) in [6.07, 6.45) is 1.51. The number of ether oxygens (including phenoxy) is 1. The number of carbonyl (C=O) groups is 1. The highest BCUT2D eigenvalue weighted by Gasteiger charge is 2.36. The number of fused-ring (bicyclic) bond motifs is 1. The van der Waals surface area contributed by atoms with Crippen molar-refractivity contribution in [3.8, 4) is 0 Å². The minimum absolute atomic E-state index is 0.139. The molecule has 1 unspecified atom stereocenters. The zero-order valence-corrected chi connectivity index (χ0v) is 8.80. The van der Waals surface area contributed by atoms with E-state index in [1.54, 1.807) is 0 Å². The lowest BCUT2D eigenvalue weighted by atomic mass is 10.0. The van der Waals surface area contributed by atoms with Crippen LogP contribution >= 0.6 is 0 Å². The smallest absolute Gasteiger partial charge is 0.430 e. The van der Waals surface area contributed by atoms with Crippen LogP contribution < -0.4 is 0 Å². The van der Waals surface area contributed by atoms with Crippen molar-refractivity contribution >= 4 is 11.8 Å². The molecular weight excluding hydrogens is 204 g/mol. The normalized spacial score (nSPS) is 23.8. The van der Waals surface area contributed by atoms with Gasteiger partial charge in [0, 0.05) is 0 Å². The second-order valence-corrected chi connectivity index (χ2v) is 4.03. The molecule has 0 N–H and O–H groups in total. The number of rotatable bonds is 1. The molecule has 2 heterocycles. The average molecular weight is 216 g/mol. The highest BCUT2D eigenvalue weighted by molar-refractivity contribution is 6.01. The third-order valence-corrected chi connectivity index (χ3v) is 2.98. The Balaban J connectivity index is 1.93. The molecule has 1 saturated heterocycles. The molecule has 0 aliphatic carbocycles. The first-order chi connectivity index (χ1) is 7.84. The number of amides is 1. The molecule has 2 aliphatic heterocycles. The first-order valence-electron chi connectivity index (χ1n) is 5.43. The Morgan fingerprint density at radius 3 is 2.94 bits per heavy atom. The lowest BCUT2D eigenvalue weighted by Gasteiger charge is -2.23. The fourth-order valence-electron chi connectivity index (χ4n) is 2.10. The molecule has 1 aromatic rings. The van der Waals surface area contributed by atoms with Gasteiger partial charge < -0.3 is 4.74 Å². The fourth-order valence-corrected chi connectivity index (χ4v) is 2.10. The Hall–Kier alpha value is -1.84. The van der Waals surface area contributed by atoms with Crippen LogP contribution in [0.25, 0.3) is 0 Å². The minimum atomic E-state index is -0.321. The topological polar surface area (TPSA) is 41.9 Å². The predicted octanol–water partition coefficient (Wildman–Crippen LogP) is 2.01. The number of hydrazone groups is 1. The number of benzene rings is 1. The van der Waals surface area contributed by atoms with Gasteiger partial charge in [-0.05, 0) is 18.4 Å². The van der Waals surface area contributed by atoms with E-state index in [9.17, 15) is 4.79 Å². The van der Waals surface area contributed by atoms with Crippen LogP contribution in [0.2, 0.25) is 0 Å². The molecule has 16 heavy (non-hydrogen) atoms. The van der Waals surface area contributed by atoms with Gasteiger partial charge in [-0.3, -0.25) is 0 Å². The van der Waals surface area contributed by atoms with Gasteiger partial charge in [-0.1, -0.05) is 30.3 Å². The van der Waals surface area contributed by atoms with Gasteiger partial charge in [0.05, 0.1) is 11.8 Å². The van der Waals surface area contributed by atoms with E-state index in [4.69, 9.17) is 4.74 Å². The van der Waals surface area contributed by atoms with Gasteiger partial charge in [0.25, 0.3) is 0 Å². The average Bonchev–Trinajstić information content (AvgIpc) is 2.72. The van der Waals surface area contributed by atoms with Gasteiger partial charge in [-0.15, -0.1) is 0 Å². The number of hydrogen-bond donors (Lipinski definition) is 0. The molecule has 82 valence electrons. The van der Waals surface area contributed by atoms with Crippen LogP contribution in [0.3, 0.4) is 0 Å². The van der Waals surface area contributed by atoms with Crippen LogP contribution in [0.4, 0.5) is 4.79 Å². The maximum absolute atomic E-state index is 11.4. The molecule has 0 radical (unpaired) electrons. The minimum Gasteiger partial charge on any atom is -0.446 e. The Labute approximate surface area is 93.5 Å². The summed E-state index contributed by atoms with van der Waals surface area (Å²) in [5, 5.41) is 5.85. The maximum atomic E-state index is 11.4. The Kier molecular flexibility index (Phi) is 2.13. The SMILES string of the molecule is O=C1OCC2CCC(c3ccccc3)=NN12. The van der Waals surface area contributed by atoms with Crippen LogP contribution in [0.5, 0.6) is 0 Å². The molecule has 3 rings (SSSR count). The van der Waals surface area contributed by atoms with Crippen LogP contribution in [-0.4, -0.2) is 29.5 Å². The molecule has 1 aromatic carbocycles. The van der Waals surface area contributed by atoms with Crippen molar-refractivity contribution < 1.29 is 9.53 Å². The van der Waals surface area contributed by atoms with Crippen LogP contribution in [0, 0.1) is 0 Å².